The van der Waals surface area contributed by atoms with Crippen LogP contribution >= 0.6 is 23.4 Å². The number of hydrogen-bond acceptors (Lipinski definition) is 4. The second-order valence-corrected chi connectivity index (χ2v) is 8.92. The fourth-order valence-corrected chi connectivity index (χ4v) is 4.88. The number of hydrogen-bond donors (Lipinski definition) is 0. The lowest BCUT2D eigenvalue weighted by atomic mass is 10.1. The SMILES string of the molecule is O=C(CCCSc1nc2ccccc2c(=O)n1-c1cccc(Cl)c1)N1CCCCC1. The number of para-hydroxylation sites is 1. The summed E-state index contributed by atoms with van der Waals surface area (Å²) in [5, 5.41) is 1.75. The number of halogens is 1. The van der Waals surface area contributed by atoms with Crippen LogP contribution in [-0.2, 0) is 4.79 Å². The summed E-state index contributed by atoms with van der Waals surface area (Å²) >= 11 is 7.67. The molecule has 2 heterocycles. The minimum absolute atomic E-state index is 0.116. The first kappa shape index (κ1) is 20.9. The van der Waals surface area contributed by atoms with Crippen LogP contribution in [0.2, 0.25) is 5.02 Å². The van der Waals surface area contributed by atoms with Gasteiger partial charge < -0.3 is 4.90 Å². The molecule has 156 valence electrons. The van der Waals surface area contributed by atoms with Crippen LogP contribution in [0.5, 0.6) is 0 Å². The van der Waals surface area contributed by atoms with E-state index in [2.05, 4.69) is 0 Å². The number of fused-ring (bicyclic) bond motifs is 1. The van der Waals surface area contributed by atoms with Crippen LogP contribution in [0.3, 0.4) is 0 Å². The monoisotopic (exact) mass is 441 g/mol. The average molecular weight is 442 g/mol. The Morgan fingerprint density at radius 1 is 1.07 bits per heavy atom. The standard InChI is InChI=1S/C23H24ClN3O2S/c24-17-8-6-9-18(16-17)27-22(29)19-10-2-3-11-20(19)25-23(27)30-15-7-12-21(28)26-13-4-1-5-14-26/h2-3,6,8-11,16H,1,4-5,7,12-15H2. The fraction of sp³-hybridized carbons (Fsp3) is 0.348. The van der Waals surface area contributed by atoms with E-state index in [0.29, 0.717) is 38.9 Å². The van der Waals surface area contributed by atoms with E-state index in [9.17, 15) is 9.59 Å². The number of nitrogens with zero attached hydrogens (tertiary/aromatic N) is 3. The van der Waals surface area contributed by atoms with E-state index >= 15 is 0 Å². The van der Waals surface area contributed by atoms with Gasteiger partial charge in [-0.3, -0.25) is 14.2 Å². The van der Waals surface area contributed by atoms with E-state index < -0.39 is 0 Å². The van der Waals surface area contributed by atoms with E-state index in [1.165, 1.54) is 18.2 Å². The zero-order valence-electron chi connectivity index (χ0n) is 16.7. The maximum atomic E-state index is 13.2. The van der Waals surface area contributed by atoms with Crippen molar-refractivity contribution in [1.82, 2.24) is 14.5 Å². The Bertz CT molecular complexity index is 1110. The first-order valence-electron chi connectivity index (χ1n) is 10.3. The Kier molecular flexibility index (Phi) is 6.75. The fourth-order valence-electron chi connectivity index (χ4n) is 3.74. The highest BCUT2D eigenvalue weighted by Crippen LogP contribution is 2.24. The Balaban J connectivity index is 1.54. The van der Waals surface area contributed by atoms with E-state index in [0.717, 1.165) is 32.4 Å². The van der Waals surface area contributed by atoms with Gasteiger partial charge in [-0.25, -0.2) is 4.98 Å². The molecule has 7 heteroatoms. The van der Waals surface area contributed by atoms with Crippen LogP contribution in [-0.4, -0.2) is 39.2 Å². The number of benzene rings is 2. The molecule has 0 atom stereocenters. The molecule has 1 saturated heterocycles. The van der Waals surface area contributed by atoms with Crippen molar-refractivity contribution in [3.05, 3.63) is 63.9 Å². The normalized spacial score (nSPS) is 14.2. The number of aromatic nitrogens is 2. The molecule has 0 N–H and O–H groups in total. The summed E-state index contributed by atoms with van der Waals surface area (Å²) in [6.45, 7) is 1.76. The van der Waals surface area contributed by atoms with Gasteiger partial charge in [0.15, 0.2) is 5.16 Å². The van der Waals surface area contributed by atoms with Crippen molar-refractivity contribution in [1.29, 1.82) is 0 Å². The Labute approximate surface area is 185 Å². The summed E-state index contributed by atoms with van der Waals surface area (Å²) < 4.78 is 1.62. The number of piperidine rings is 1. The maximum absolute atomic E-state index is 13.2. The van der Waals surface area contributed by atoms with Crippen molar-refractivity contribution < 1.29 is 4.79 Å². The molecule has 1 aliphatic rings. The van der Waals surface area contributed by atoms with E-state index in [1.54, 1.807) is 22.8 Å². The Morgan fingerprint density at radius 3 is 2.67 bits per heavy atom. The van der Waals surface area contributed by atoms with Crippen LogP contribution in [0.1, 0.15) is 32.1 Å². The number of likely N-dealkylation sites (tertiary alicyclic amines) is 1. The number of thioether (sulfide) groups is 1. The van der Waals surface area contributed by atoms with Crippen LogP contribution in [0, 0.1) is 0 Å². The number of rotatable bonds is 6. The van der Waals surface area contributed by atoms with Crippen molar-refractivity contribution in [3.8, 4) is 5.69 Å². The van der Waals surface area contributed by atoms with Gasteiger partial charge >= 0.3 is 0 Å². The predicted molar refractivity (Wildman–Crippen MR) is 123 cm³/mol. The van der Waals surface area contributed by atoms with Gasteiger partial charge in [-0.2, -0.15) is 0 Å². The van der Waals surface area contributed by atoms with Gasteiger partial charge in [0.2, 0.25) is 5.91 Å². The average Bonchev–Trinajstić information content (AvgIpc) is 2.77. The second kappa shape index (κ2) is 9.67. The quantitative estimate of drug-likeness (QED) is 0.309. The lowest BCUT2D eigenvalue weighted by Gasteiger charge is -2.26. The molecule has 4 rings (SSSR count). The van der Waals surface area contributed by atoms with Crippen molar-refractivity contribution in [2.24, 2.45) is 0 Å². The molecule has 0 aliphatic carbocycles. The summed E-state index contributed by atoms with van der Waals surface area (Å²) in [5.74, 6) is 0.944. The summed E-state index contributed by atoms with van der Waals surface area (Å²) in [5.41, 5.74) is 1.25. The summed E-state index contributed by atoms with van der Waals surface area (Å²) in [7, 11) is 0. The summed E-state index contributed by atoms with van der Waals surface area (Å²) in [6.07, 6.45) is 4.70. The molecule has 0 radical (unpaired) electrons. The molecule has 1 fully saturated rings. The molecular weight excluding hydrogens is 418 g/mol. The third kappa shape index (κ3) is 4.71. The largest absolute Gasteiger partial charge is 0.343 e. The molecular formula is C23H24ClN3O2S. The van der Waals surface area contributed by atoms with Crippen molar-refractivity contribution in [3.63, 3.8) is 0 Å². The molecule has 1 aliphatic heterocycles. The maximum Gasteiger partial charge on any atom is 0.266 e. The molecule has 3 aromatic rings. The lowest BCUT2D eigenvalue weighted by Crippen LogP contribution is -2.35. The van der Waals surface area contributed by atoms with E-state index in [1.807, 2.05) is 35.2 Å². The molecule has 0 saturated carbocycles. The van der Waals surface area contributed by atoms with Gasteiger partial charge in [0.05, 0.1) is 16.6 Å². The zero-order valence-corrected chi connectivity index (χ0v) is 18.3. The predicted octanol–water partition coefficient (Wildman–Crippen LogP) is 4.92. The van der Waals surface area contributed by atoms with E-state index in [-0.39, 0.29) is 11.5 Å². The molecule has 5 nitrogen and oxygen atoms in total. The van der Waals surface area contributed by atoms with Crippen molar-refractivity contribution in [2.45, 2.75) is 37.3 Å². The molecule has 1 aromatic heterocycles. The molecule has 2 aromatic carbocycles. The smallest absolute Gasteiger partial charge is 0.266 e. The van der Waals surface area contributed by atoms with Crippen molar-refractivity contribution >= 4 is 40.2 Å². The van der Waals surface area contributed by atoms with Crippen LogP contribution in [0.25, 0.3) is 16.6 Å². The van der Waals surface area contributed by atoms with Gasteiger partial charge in [-0.05, 0) is 56.0 Å². The topological polar surface area (TPSA) is 55.2 Å². The Morgan fingerprint density at radius 2 is 1.87 bits per heavy atom. The molecule has 0 bridgehead atoms. The number of carbonyl (C=O) groups excluding carboxylic acids is 1. The van der Waals surface area contributed by atoms with Crippen LogP contribution in [0.15, 0.2) is 58.5 Å². The number of amides is 1. The minimum atomic E-state index is -0.116. The third-order valence-corrected chi connectivity index (χ3v) is 6.55. The summed E-state index contributed by atoms with van der Waals surface area (Å²) in [6, 6.07) is 14.6. The van der Waals surface area contributed by atoms with Crippen LogP contribution in [0.4, 0.5) is 0 Å². The molecule has 30 heavy (non-hydrogen) atoms. The van der Waals surface area contributed by atoms with Crippen molar-refractivity contribution in [2.75, 3.05) is 18.8 Å². The molecule has 0 spiro atoms. The summed E-state index contributed by atoms with van der Waals surface area (Å²) in [4.78, 5) is 32.3. The van der Waals surface area contributed by atoms with E-state index in [4.69, 9.17) is 16.6 Å². The third-order valence-electron chi connectivity index (χ3n) is 5.29. The molecule has 1 amide bonds. The Hall–Kier alpha value is -2.31. The van der Waals surface area contributed by atoms with Gasteiger partial charge in [-0.1, -0.05) is 41.6 Å². The zero-order chi connectivity index (χ0) is 20.9. The highest BCUT2D eigenvalue weighted by molar-refractivity contribution is 7.99. The lowest BCUT2D eigenvalue weighted by molar-refractivity contribution is -0.132. The van der Waals surface area contributed by atoms with Gasteiger partial charge in [0, 0.05) is 30.3 Å². The van der Waals surface area contributed by atoms with Gasteiger partial charge in [-0.15, -0.1) is 0 Å². The highest BCUT2D eigenvalue weighted by Gasteiger charge is 2.17. The first-order chi connectivity index (χ1) is 14.6. The van der Waals surface area contributed by atoms with Gasteiger partial charge in [0.25, 0.3) is 5.56 Å². The highest BCUT2D eigenvalue weighted by atomic mass is 35.5. The second-order valence-electron chi connectivity index (χ2n) is 7.43. The molecule has 0 unspecified atom stereocenters. The van der Waals surface area contributed by atoms with Gasteiger partial charge in [0.1, 0.15) is 0 Å². The minimum Gasteiger partial charge on any atom is -0.343 e. The van der Waals surface area contributed by atoms with Crippen LogP contribution < -0.4 is 5.56 Å². The first-order valence-corrected chi connectivity index (χ1v) is 11.7. The number of carbonyl (C=O) groups is 1.